The summed E-state index contributed by atoms with van der Waals surface area (Å²) in [5, 5.41) is 4.77. The van der Waals surface area contributed by atoms with Crippen LogP contribution in [0.3, 0.4) is 0 Å². The van der Waals surface area contributed by atoms with Crippen LogP contribution in [-0.2, 0) is 21.2 Å². The predicted octanol–water partition coefficient (Wildman–Crippen LogP) is 5.58. The van der Waals surface area contributed by atoms with Crippen LogP contribution in [0.15, 0.2) is 93.3 Å². The van der Waals surface area contributed by atoms with Gasteiger partial charge in [0.25, 0.3) is 5.91 Å². The molecule has 0 aromatic heterocycles. The highest BCUT2D eigenvalue weighted by molar-refractivity contribution is 7.93. The van der Waals surface area contributed by atoms with Gasteiger partial charge in [0, 0.05) is 21.7 Å². The van der Waals surface area contributed by atoms with Gasteiger partial charge in [-0.25, -0.2) is 4.21 Å². The minimum Gasteiger partial charge on any atom is -0.391 e. The molecule has 7 heteroatoms. The van der Waals surface area contributed by atoms with Crippen molar-refractivity contribution in [2.45, 2.75) is 18.4 Å². The summed E-state index contributed by atoms with van der Waals surface area (Å²) >= 11 is 5.89. The van der Waals surface area contributed by atoms with Crippen LogP contribution in [0.4, 0.5) is 0 Å². The summed E-state index contributed by atoms with van der Waals surface area (Å²) in [6.07, 6.45) is 1.46. The van der Waals surface area contributed by atoms with Crippen LogP contribution < -0.4 is 0 Å². The molecule has 0 aliphatic heterocycles. The average Bonchev–Trinajstić information content (AvgIpc) is 2.75. The van der Waals surface area contributed by atoms with Crippen molar-refractivity contribution < 1.29 is 13.8 Å². The second-order valence-electron chi connectivity index (χ2n) is 6.67. The van der Waals surface area contributed by atoms with Crippen LogP contribution in [0.5, 0.6) is 0 Å². The molecule has 3 aromatic rings. The number of rotatable bonds is 6. The van der Waals surface area contributed by atoms with Crippen molar-refractivity contribution in [3.8, 4) is 0 Å². The standard InChI is InChI=1S/C23H21ClN2O3S/c1-17(19-11-13-21(24)14-12-19)25-29-16-18-7-6-8-20(15-18)23(27)26-30(2,28)22-9-4-3-5-10-22/h3-15H,16H2,1-2H3/b25-17-/t30-/m1/s1. The molecular formula is C23H21ClN2O3S. The zero-order valence-corrected chi connectivity index (χ0v) is 18.2. The van der Waals surface area contributed by atoms with Gasteiger partial charge in [0.15, 0.2) is 0 Å². The quantitative estimate of drug-likeness (QED) is 0.371. The molecule has 0 radical (unpaired) electrons. The first-order valence-corrected chi connectivity index (χ1v) is 11.5. The van der Waals surface area contributed by atoms with Gasteiger partial charge in [-0.3, -0.25) is 4.79 Å². The number of halogens is 1. The number of benzene rings is 3. The zero-order chi connectivity index (χ0) is 21.6. The third-order valence-electron chi connectivity index (χ3n) is 4.31. The smallest absolute Gasteiger partial charge is 0.285 e. The van der Waals surface area contributed by atoms with E-state index in [-0.39, 0.29) is 6.61 Å². The van der Waals surface area contributed by atoms with Gasteiger partial charge in [-0.2, -0.15) is 4.36 Å². The summed E-state index contributed by atoms with van der Waals surface area (Å²) in [6, 6.07) is 22.9. The Hall–Kier alpha value is -2.96. The maximum absolute atomic E-state index is 12.8. The van der Waals surface area contributed by atoms with Gasteiger partial charge in [-0.15, -0.1) is 0 Å². The van der Waals surface area contributed by atoms with E-state index in [1.807, 2.05) is 31.2 Å². The van der Waals surface area contributed by atoms with E-state index in [4.69, 9.17) is 16.4 Å². The fourth-order valence-electron chi connectivity index (χ4n) is 2.68. The Balaban J connectivity index is 1.71. The summed E-state index contributed by atoms with van der Waals surface area (Å²) in [4.78, 5) is 18.5. The summed E-state index contributed by atoms with van der Waals surface area (Å²) < 4.78 is 16.8. The molecule has 0 aliphatic rings. The molecule has 0 fully saturated rings. The molecule has 1 atom stereocenters. The minimum absolute atomic E-state index is 0.187. The topological polar surface area (TPSA) is 68.1 Å². The molecule has 0 spiro atoms. The fraction of sp³-hybridized carbons (Fsp3) is 0.130. The van der Waals surface area contributed by atoms with E-state index in [0.29, 0.717) is 21.2 Å². The van der Waals surface area contributed by atoms with Crippen LogP contribution in [0.25, 0.3) is 0 Å². The minimum atomic E-state index is -2.82. The van der Waals surface area contributed by atoms with E-state index < -0.39 is 15.6 Å². The highest BCUT2D eigenvalue weighted by Gasteiger charge is 2.11. The molecule has 1 amide bonds. The Morgan fingerprint density at radius 3 is 2.37 bits per heavy atom. The van der Waals surface area contributed by atoms with Crippen molar-refractivity contribution in [3.05, 3.63) is 101 Å². The summed E-state index contributed by atoms with van der Waals surface area (Å²) in [5.41, 5.74) is 2.72. The number of carbonyl (C=O) groups is 1. The number of carbonyl (C=O) groups excluding carboxylic acids is 1. The molecule has 0 bridgehead atoms. The Kier molecular flexibility index (Phi) is 7.03. The van der Waals surface area contributed by atoms with Crippen LogP contribution in [0.1, 0.15) is 28.4 Å². The van der Waals surface area contributed by atoms with E-state index in [0.717, 1.165) is 11.1 Å². The van der Waals surface area contributed by atoms with Crippen LogP contribution in [0, 0.1) is 0 Å². The van der Waals surface area contributed by atoms with Gasteiger partial charge in [-0.1, -0.05) is 59.2 Å². The zero-order valence-electron chi connectivity index (χ0n) is 16.6. The summed E-state index contributed by atoms with van der Waals surface area (Å²) in [7, 11) is -2.82. The first-order chi connectivity index (χ1) is 14.3. The van der Waals surface area contributed by atoms with Crippen molar-refractivity contribution in [2.24, 2.45) is 9.52 Å². The molecule has 0 aliphatic carbocycles. The first-order valence-electron chi connectivity index (χ1n) is 9.18. The fourth-order valence-corrected chi connectivity index (χ4v) is 3.99. The lowest BCUT2D eigenvalue weighted by Gasteiger charge is -2.06. The Bertz CT molecular complexity index is 1180. The van der Waals surface area contributed by atoms with Gasteiger partial charge in [0.1, 0.15) is 6.61 Å². The predicted molar refractivity (Wildman–Crippen MR) is 120 cm³/mol. The Morgan fingerprint density at radius 1 is 0.967 bits per heavy atom. The van der Waals surface area contributed by atoms with Crippen molar-refractivity contribution in [1.82, 2.24) is 0 Å². The van der Waals surface area contributed by atoms with E-state index in [9.17, 15) is 9.00 Å². The van der Waals surface area contributed by atoms with Crippen molar-refractivity contribution >= 4 is 32.9 Å². The van der Waals surface area contributed by atoms with Crippen LogP contribution in [-0.4, -0.2) is 22.1 Å². The highest BCUT2D eigenvalue weighted by atomic mass is 35.5. The monoisotopic (exact) mass is 440 g/mol. The maximum Gasteiger partial charge on any atom is 0.285 e. The number of oxime groups is 1. The molecule has 0 unspecified atom stereocenters. The Morgan fingerprint density at radius 2 is 1.67 bits per heavy atom. The average molecular weight is 441 g/mol. The molecule has 5 nitrogen and oxygen atoms in total. The van der Waals surface area contributed by atoms with E-state index >= 15 is 0 Å². The first kappa shape index (κ1) is 21.7. The second-order valence-corrected chi connectivity index (χ2v) is 9.36. The molecule has 0 heterocycles. The molecule has 0 saturated carbocycles. The summed E-state index contributed by atoms with van der Waals surface area (Å²) in [6.45, 7) is 2.02. The highest BCUT2D eigenvalue weighted by Crippen LogP contribution is 2.15. The third kappa shape index (κ3) is 5.78. The lowest BCUT2D eigenvalue weighted by atomic mass is 10.1. The molecule has 3 rings (SSSR count). The number of nitrogens with zero attached hydrogens (tertiary/aromatic N) is 2. The molecule has 0 saturated heterocycles. The number of hydrogen-bond donors (Lipinski definition) is 0. The van der Waals surface area contributed by atoms with E-state index in [1.54, 1.807) is 54.6 Å². The maximum atomic E-state index is 12.8. The molecule has 154 valence electrons. The van der Waals surface area contributed by atoms with Crippen LogP contribution >= 0.6 is 11.6 Å². The van der Waals surface area contributed by atoms with Crippen molar-refractivity contribution in [1.29, 1.82) is 0 Å². The van der Waals surface area contributed by atoms with Crippen LogP contribution in [0.2, 0.25) is 5.02 Å². The van der Waals surface area contributed by atoms with Gasteiger partial charge in [-0.05, 0) is 54.4 Å². The molecule has 30 heavy (non-hydrogen) atoms. The SMILES string of the molecule is C/C(=N/OCc1cccc(C(=O)N=[S@](C)(=O)c2ccccc2)c1)c1ccc(Cl)cc1. The van der Waals surface area contributed by atoms with Gasteiger partial charge >= 0.3 is 0 Å². The number of amides is 1. The molecule has 0 N–H and O–H groups in total. The van der Waals surface area contributed by atoms with Gasteiger partial charge in [0.05, 0.1) is 15.4 Å². The normalized spacial score (nSPS) is 13.4. The van der Waals surface area contributed by atoms with Gasteiger partial charge in [0.2, 0.25) is 0 Å². The Labute approximate surface area is 181 Å². The largest absolute Gasteiger partial charge is 0.391 e. The van der Waals surface area contributed by atoms with E-state index in [2.05, 4.69) is 9.52 Å². The second kappa shape index (κ2) is 9.69. The van der Waals surface area contributed by atoms with Crippen molar-refractivity contribution in [2.75, 3.05) is 6.26 Å². The molecular weight excluding hydrogens is 420 g/mol. The van der Waals surface area contributed by atoms with Crippen molar-refractivity contribution in [3.63, 3.8) is 0 Å². The lowest BCUT2D eigenvalue weighted by Crippen LogP contribution is -2.04. The van der Waals surface area contributed by atoms with Gasteiger partial charge < -0.3 is 4.84 Å². The summed E-state index contributed by atoms with van der Waals surface area (Å²) in [5.74, 6) is -0.533. The molecule has 3 aromatic carbocycles. The number of hydrogen-bond acceptors (Lipinski definition) is 4. The third-order valence-corrected chi connectivity index (χ3v) is 6.22. The lowest BCUT2D eigenvalue weighted by molar-refractivity contribution is 0.100. The van der Waals surface area contributed by atoms with E-state index in [1.165, 1.54) is 6.26 Å².